The first kappa shape index (κ1) is 31.4. The maximum absolute atomic E-state index is 12.3. The lowest BCUT2D eigenvalue weighted by atomic mass is 10.0. The van der Waals surface area contributed by atoms with Gasteiger partial charge in [0.1, 0.15) is 11.6 Å². The van der Waals surface area contributed by atoms with Gasteiger partial charge < -0.3 is 15.2 Å². The van der Waals surface area contributed by atoms with Crippen molar-refractivity contribution in [1.29, 1.82) is 0 Å². The second-order valence-electron chi connectivity index (χ2n) is 10.3. The molecule has 0 aliphatic rings. The molecule has 0 aromatic carbocycles. The lowest BCUT2D eigenvalue weighted by Crippen LogP contribution is -2.44. The SMILES string of the molecule is CCCCCCCCCCCCCCCCCC(=O)N[C@@H](CCC(=O)O)C(=O)OC(C)(C)C. The van der Waals surface area contributed by atoms with Crippen molar-refractivity contribution < 1.29 is 24.2 Å². The average Bonchev–Trinajstić information content (AvgIpc) is 2.72. The minimum Gasteiger partial charge on any atom is -0.481 e. The largest absolute Gasteiger partial charge is 0.481 e. The summed E-state index contributed by atoms with van der Waals surface area (Å²) in [7, 11) is 0. The van der Waals surface area contributed by atoms with Crippen LogP contribution in [0, 0.1) is 0 Å². The molecule has 0 rings (SSSR count). The van der Waals surface area contributed by atoms with Gasteiger partial charge in [0.2, 0.25) is 5.91 Å². The van der Waals surface area contributed by atoms with Crippen LogP contribution in [0.25, 0.3) is 0 Å². The average molecular weight is 470 g/mol. The van der Waals surface area contributed by atoms with Crippen molar-refractivity contribution in [2.45, 2.75) is 155 Å². The molecule has 0 heterocycles. The van der Waals surface area contributed by atoms with Crippen molar-refractivity contribution in [3.63, 3.8) is 0 Å². The fourth-order valence-corrected chi connectivity index (χ4v) is 3.81. The zero-order valence-electron chi connectivity index (χ0n) is 21.9. The van der Waals surface area contributed by atoms with Gasteiger partial charge in [-0.05, 0) is 33.6 Å². The molecule has 6 heteroatoms. The van der Waals surface area contributed by atoms with E-state index in [2.05, 4.69) is 12.2 Å². The normalized spacial score (nSPS) is 12.4. The van der Waals surface area contributed by atoms with Crippen molar-refractivity contribution in [2.24, 2.45) is 0 Å². The Labute approximate surface area is 202 Å². The predicted molar refractivity (Wildman–Crippen MR) is 134 cm³/mol. The molecule has 0 unspecified atom stereocenters. The number of esters is 1. The number of carboxylic acid groups (broad SMARTS) is 1. The number of hydrogen-bond donors (Lipinski definition) is 2. The van der Waals surface area contributed by atoms with Gasteiger partial charge in [0, 0.05) is 12.8 Å². The molecule has 0 aromatic heterocycles. The van der Waals surface area contributed by atoms with Gasteiger partial charge in [-0.15, -0.1) is 0 Å². The number of rotatable bonds is 21. The fraction of sp³-hybridized carbons (Fsp3) is 0.889. The molecule has 0 spiro atoms. The molecule has 1 atom stereocenters. The molecule has 1 amide bonds. The lowest BCUT2D eigenvalue weighted by molar-refractivity contribution is -0.159. The first-order valence-corrected chi connectivity index (χ1v) is 13.4. The highest BCUT2D eigenvalue weighted by molar-refractivity contribution is 5.85. The Kier molecular flexibility index (Phi) is 18.9. The van der Waals surface area contributed by atoms with Crippen LogP contribution in [0.3, 0.4) is 0 Å². The zero-order chi connectivity index (χ0) is 25.0. The van der Waals surface area contributed by atoms with E-state index in [0.717, 1.165) is 19.3 Å². The van der Waals surface area contributed by atoms with Gasteiger partial charge in [-0.25, -0.2) is 4.79 Å². The summed E-state index contributed by atoms with van der Waals surface area (Å²) in [5.74, 6) is -1.79. The molecule has 0 aliphatic carbocycles. The second kappa shape index (κ2) is 19.8. The van der Waals surface area contributed by atoms with Crippen LogP contribution in [0.15, 0.2) is 0 Å². The lowest BCUT2D eigenvalue weighted by Gasteiger charge is -2.24. The molecule has 0 bridgehead atoms. The van der Waals surface area contributed by atoms with Gasteiger partial charge >= 0.3 is 11.9 Å². The molecule has 0 radical (unpaired) electrons. The maximum atomic E-state index is 12.3. The van der Waals surface area contributed by atoms with Crippen LogP contribution in [-0.2, 0) is 19.1 Å². The Morgan fingerprint density at radius 2 is 1.15 bits per heavy atom. The summed E-state index contributed by atoms with van der Waals surface area (Å²) in [6.45, 7) is 7.50. The minimum absolute atomic E-state index is 0.0366. The molecule has 33 heavy (non-hydrogen) atoms. The highest BCUT2D eigenvalue weighted by Gasteiger charge is 2.27. The molecule has 0 fully saturated rings. The molecule has 6 nitrogen and oxygen atoms in total. The van der Waals surface area contributed by atoms with Gasteiger partial charge in [0.25, 0.3) is 0 Å². The van der Waals surface area contributed by atoms with Crippen LogP contribution in [0.4, 0.5) is 0 Å². The molecule has 0 saturated carbocycles. The molecule has 194 valence electrons. The van der Waals surface area contributed by atoms with Crippen LogP contribution >= 0.6 is 0 Å². The zero-order valence-corrected chi connectivity index (χ0v) is 21.9. The Morgan fingerprint density at radius 1 is 0.727 bits per heavy atom. The fourth-order valence-electron chi connectivity index (χ4n) is 3.81. The number of ether oxygens (including phenoxy) is 1. The van der Waals surface area contributed by atoms with Gasteiger partial charge in [-0.3, -0.25) is 9.59 Å². The van der Waals surface area contributed by atoms with Crippen molar-refractivity contribution >= 4 is 17.8 Å². The monoisotopic (exact) mass is 469 g/mol. The summed E-state index contributed by atoms with van der Waals surface area (Å²) < 4.78 is 5.32. The number of carboxylic acids is 1. The maximum Gasteiger partial charge on any atom is 0.329 e. The van der Waals surface area contributed by atoms with E-state index < -0.39 is 23.6 Å². The third-order valence-corrected chi connectivity index (χ3v) is 5.68. The number of carbonyl (C=O) groups excluding carboxylic acids is 2. The predicted octanol–water partition coefficient (Wildman–Crippen LogP) is 6.94. The smallest absolute Gasteiger partial charge is 0.329 e. The summed E-state index contributed by atoms with van der Waals surface area (Å²) >= 11 is 0. The summed E-state index contributed by atoms with van der Waals surface area (Å²) in [5, 5.41) is 11.6. The van der Waals surface area contributed by atoms with Crippen LogP contribution < -0.4 is 5.32 Å². The standard InChI is InChI=1S/C27H51NO5/c1-5-6-7-8-9-10-11-12-13-14-15-16-17-18-19-20-24(29)28-23(21-22-25(30)31)26(32)33-27(2,3)4/h23H,5-22H2,1-4H3,(H,28,29)(H,30,31)/t23-/m0/s1. The first-order valence-electron chi connectivity index (χ1n) is 13.4. The molecular formula is C27H51NO5. The van der Waals surface area contributed by atoms with Crippen molar-refractivity contribution in [1.82, 2.24) is 5.32 Å². The van der Waals surface area contributed by atoms with Crippen LogP contribution in [0.5, 0.6) is 0 Å². The van der Waals surface area contributed by atoms with Gasteiger partial charge in [0.15, 0.2) is 0 Å². The number of aliphatic carboxylic acids is 1. The van der Waals surface area contributed by atoms with E-state index in [0.29, 0.717) is 6.42 Å². The Morgan fingerprint density at radius 3 is 1.55 bits per heavy atom. The van der Waals surface area contributed by atoms with Gasteiger partial charge in [-0.2, -0.15) is 0 Å². The molecule has 0 saturated heterocycles. The number of unbranched alkanes of at least 4 members (excludes halogenated alkanes) is 14. The van der Waals surface area contributed by atoms with E-state index in [9.17, 15) is 14.4 Å². The quantitative estimate of drug-likeness (QED) is 0.140. The van der Waals surface area contributed by atoms with Crippen LogP contribution in [0.2, 0.25) is 0 Å². The first-order chi connectivity index (χ1) is 15.7. The van der Waals surface area contributed by atoms with Crippen molar-refractivity contribution in [3.05, 3.63) is 0 Å². The summed E-state index contributed by atoms with van der Waals surface area (Å²) in [6, 6.07) is -0.913. The molecular weight excluding hydrogens is 418 g/mol. The third-order valence-electron chi connectivity index (χ3n) is 5.68. The second-order valence-corrected chi connectivity index (χ2v) is 10.3. The molecule has 0 aromatic rings. The van der Waals surface area contributed by atoms with Crippen molar-refractivity contribution in [2.75, 3.05) is 0 Å². The highest BCUT2D eigenvalue weighted by Crippen LogP contribution is 2.14. The highest BCUT2D eigenvalue weighted by atomic mass is 16.6. The van der Waals surface area contributed by atoms with Gasteiger partial charge in [-0.1, -0.05) is 96.8 Å². The van der Waals surface area contributed by atoms with E-state index in [4.69, 9.17) is 9.84 Å². The number of nitrogens with one attached hydrogen (secondary N) is 1. The summed E-state index contributed by atoms with van der Waals surface area (Å²) in [4.78, 5) is 35.4. The Bertz CT molecular complexity index is 527. The Hall–Kier alpha value is -1.59. The number of carbonyl (C=O) groups is 3. The van der Waals surface area contributed by atoms with E-state index in [1.54, 1.807) is 20.8 Å². The summed E-state index contributed by atoms with van der Waals surface area (Å²) in [6.07, 6.45) is 19.2. The minimum atomic E-state index is -1.000. The number of hydrogen-bond acceptors (Lipinski definition) is 4. The van der Waals surface area contributed by atoms with Crippen LogP contribution in [-0.4, -0.2) is 34.6 Å². The molecule has 2 N–H and O–H groups in total. The van der Waals surface area contributed by atoms with E-state index >= 15 is 0 Å². The van der Waals surface area contributed by atoms with Crippen molar-refractivity contribution in [3.8, 4) is 0 Å². The van der Waals surface area contributed by atoms with E-state index in [-0.39, 0.29) is 18.7 Å². The summed E-state index contributed by atoms with van der Waals surface area (Å²) in [5.41, 5.74) is -0.683. The van der Waals surface area contributed by atoms with E-state index in [1.807, 2.05) is 0 Å². The van der Waals surface area contributed by atoms with Gasteiger partial charge in [0.05, 0.1) is 0 Å². The van der Waals surface area contributed by atoms with E-state index in [1.165, 1.54) is 77.0 Å². The molecule has 0 aliphatic heterocycles. The third kappa shape index (κ3) is 22.0. The van der Waals surface area contributed by atoms with Crippen LogP contribution in [0.1, 0.15) is 143 Å². The number of amides is 1. The topological polar surface area (TPSA) is 92.7 Å². The Balaban J connectivity index is 3.80.